The fourth-order valence-electron chi connectivity index (χ4n) is 1.63. The van der Waals surface area contributed by atoms with Gasteiger partial charge >= 0.3 is 0 Å². The van der Waals surface area contributed by atoms with Crippen molar-refractivity contribution < 1.29 is 8.42 Å². The number of piperidine rings is 1. The molecule has 0 aromatic carbocycles. The summed E-state index contributed by atoms with van der Waals surface area (Å²) in [7, 11) is -3.40. The second-order valence-corrected chi connectivity index (χ2v) is 5.31. The summed E-state index contributed by atoms with van der Waals surface area (Å²) in [6, 6.07) is -0.0151. The minimum atomic E-state index is -3.40. The fourth-order valence-corrected chi connectivity index (χ4v) is 2.80. The molecule has 0 amide bonds. The molecule has 0 aliphatic carbocycles. The Hall–Kier alpha value is -0.920. The summed E-state index contributed by atoms with van der Waals surface area (Å²) in [5.41, 5.74) is 0. The highest BCUT2D eigenvalue weighted by atomic mass is 32.2. The van der Waals surface area contributed by atoms with Crippen molar-refractivity contribution in [2.75, 3.05) is 13.1 Å². The van der Waals surface area contributed by atoms with Crippen LogP contribution < -0.4 is 10.0 Å². The minimum Gasteiger partial charge on any atom is -0.315 e. The highest BCUT2D eigenvalue weighted by Gasteiger charge is 2.21. The van der Waals surface area contributed by atoms with E-state index in [9.17, 15) is 8.42 Å². The van der Waals surface area contributed by atoms with Crippen LogP contribution in [0.1, 0.15) is 12.8 Å². The maximum atomic E-state index is 11.8. The Morgan fingerprint density at radius 3 is 3.00 bits per heavy atom. The Kier molecular flexibility index (Phi) is 3.03. The van der Waals surface area contributed by atoms with Crippen LogP contribution in [0, 0.1) is 0 Å². The first-order chi connectivity index (χ1) is 7.18. The van der Waals surface area contributed by atoms with Crippen molar-refractivity contribution in [3.05, 3.63) is 12.4 Å². The summed E-state index contributed by atoms with van der Waals surface area (Å²) in [4.78, 5) is 0.188. The maximum absolute atomic E-state index is 11.8. The predicted octanol–water partition coefficient (Wildman–Crippen LogP) is -0.560. The molecule has 1 saturated heterocycles. The van der Waals surface area contributed by atoms with Crippen molar-refractivity contribution in [1.82, 2.24) is 20.2 Å². The molecule has 1 aromatic heterocycles. The quantitative estimate of drug-likeness (QED) is 0.649. The van der Waals surface area contributed by atoms with Crippen LogP contribution in [0.3, 0.4) is 0 Å². The molecule has 6 nitrogen and oxygen atoms in total. The molecule has 7 heteroatoms. The molecule has 1 aromatic rings. The third-order valence-electron chi connectivity index (χ3n) is 2.40. The average Bonchev–Trinajstić information content (AvgIpc) is 2.71. The first-order valence-electron chi connectivity index (χ1n) is 4.90. The van der Waals surface area contributed by atoms with Crippen LogP contribution in [0.4, 0.5) is 0 Å². The summed E-state index contributed by atoms with van der Waals surface area (Å²) in [5.74, 6) is 0. The zero-order valence-electron chi connectivity index (χ0n) is 8.23. The lowest BCUT2D eigenvalue weighted by molar-refractivity contribution is 0.428. The Labute approximate surface area is 88.5 Å². The number of hydrogen-bond acceptors (Lipinski definition) is 4. The molecule has 2 heterocycles. The van der Waals surface area contributed by atoms with Gasteiger partial charge in [0.1, 0.15) is 4.90 Å². The lowest BCUT2D eigenvalue weighted by Gasteiger charge is -2.23. The first kappa shape index (κ1) is 10.6. The number of H-pyrrole nitrogens is 1. The molecular formula is C8H14N4O2S. The van der Waals surface area contributed by atoms with Gasteiger partial charge in [0.05, 0.1) is 6.20 Å². The van der Waals surface area contributed by atoms with Gasteiger partial charge in [0.15, 0.2) is 0 Å². The normalized spacial score (nSPS) is 22.8. The Morgan fingerprint density at radius 1 is 1.53 bits per heavy atom. The number of nitrogens with one attached hydrogen (secondary N) is 3. The molecule has 0 bridgehead atoms. The third kappa shape index (κ3) is 2.55. The Balaban J connectivity index is 2.04. The third-order valence-corrected chi connectivity index (χ3v) is 3.89. The predicted molar refractivity (Wildman–Crippen MR) is 54.8 cm³/mol. The van der Waals surface area contributed by atoms with Crippen LogP contribution in [0.2, 0.25) is 0 Å². The topological polar surface area (TPSA) is 86.9 Å². The zero-order valence-corrected chi connectivity index (χ0v) is 9.05. The maximum Gasteiger partial charge on any atom is 0.243 e. The Morgan fingerprint density at radius 2 is 2.40 bits per heavy atom. The van der Waals surface area contributed by atoms with Gasteiger partial charge in [-0.25, -0.2) is 13.1 Å². The van der Waals surface area contributed by atoms with E-state index in [1.54, 1.807) is 0 Å². The van der Waals surface area contributed by atoms with Gasteiger partial charge in [-0.05, 0) is 19.4 Å². The molecule has 1 aliphatic rings. The SMILES string of the molecule is O=S(=O)(N[C@H]1CCCNC1)c1cn[nH]c1. The van der Waals surface area contributed by atoms with E-state index < -0.39 is 10.0 Å². The van der Waals surface area contributed by atoms with E-state index in [0.717, 1.165) is 19.4 Å². The molecule has 0 spiro atoms. The highest BCUT2D eigenvalue weighted by molar-refractivity contribution is 7.89. The van der Waals surface area contributed by atoms with Gasteiger partial charge in [-0.1, -0.05) is 0 Å². The molecule has 0 unspecified atom stereocenters. The van der Waals surface area contributed by atoms with Gasteiger partial charge in [-0.15, -0.1) is 0 Å². The number of aromatic amines is 1. The van der Waals surface area contributed by atoms with E-state index in [1.807, 2.05) is 0 Å². The van der Waals surface area contributed by atoms with E-state index in [0.29, 0.717) is 6.54 Å². The van der Waals surface area contributed by atoms with Crippen LogP contribution in [0.25, 0.3) is 0 Å². The summed E-state index contributed by atoms with van der Waals surface area (Å²) in [6.45, 7) is 1.65. The van der Waals surface area contributed by atoms with Crippen LogP contribution in [-0.4, -0.2) is 37.7 Å². The standard InChI is InChI=1S/C8H14N4O2S/c13-15(14,8-5-10-11-6-8)12-7-2-1-3-9-4-7/h5-7,9,12H,1-4H2,(H,10,11)/t7-/m0/s1. The molecular weight excluding hydrogens is 216 g/mol. The van der Waals surface area contributed by atoms with Crippen molar-refractivity contribution in [2.45, 2.75) is 23.8 Å². The summed E-state index contributed by atoms with van der Waals surface area (Å²) < 4.78 is 26.2. The zero-order chi connectivity index (χ0) is 10.7. The van der Waals surface area contributed by atoms with Gasteiger partial charge in [-0.2, -0.15) is 5.10 Å². The van der Waals surface area contributed by atoms with Gasteiger partial charge in [-0.3, -0.25) is 5.10 Å². The van der Waals surface area contributed by atoms with Gasteiger partial charge in [0.2, 0.25) is 10.0 Å². The van der Waals surface area contributed by atoms with E-state index in [-0.39, 0.29) is 10.9 Å². The Bertz CT molecular complexity index is 394. The van der Waals surface area contributed by atoms with Gasteiger partial charge in [0, 0.05) is 18.8 Å². The number of nitrogens with zero attached hydrogens (tertiary/aromatic N) is 1. The smallest absolute Gasteiger partial charge is 0.243 e. The second kappa shape index (κ2) is 4.30. The van der Waals surface area contributed by atoms with Crippen molar-refractivity contribution in [2.24, 2.45) is 0 Å². The van der Waals surface area contributed by atoms with E-state index in [4.69, 9.17) is 0 Å². The molecule has 0 radical (unpaired) electrons. The molecule has 0 saturated carbocycles. The highest BCUT2D eigenvalue weighted by Crippen LogP contribution is 2.09. The van der Waals surface area contributed by atoms with Crippen molar-refractivity contribution in [3.63, 3.8) is 0 Å². The number of aromatic nitrogens is 2. The van der Waals surface area contributed by atoms with Crippen molar-refractivity contribution in [1.29, 1.82) is 0 Å². The number of rotatable bonds is 3. The largest absolute Gasteiger partial charge is 0.315 e. The lowest BCUT2D eigenvalue weighted by Crippen LogP contribution is -2.45. The molecule has 15 heavy (non-hydrogen) atoms. The van der Waals surface area contributed by atoms with Crippen LogP contribution >= 0.6 is 0 Å². The molecule has 1 atom stereocenters. The number of sulfonamides is 1. The lowest BCUT2D eigenvalue weighted by atomic mass is 10.1. The molecule has 84 valence electrons. The molecule has 1 fully saturated rings. The molecule has 1 aliphatic heterocycles. The fraction of sp³-hybridized carbons (Fsp3) is 0.625. The van der Waals surface area contributed by atoms with E-state index >= 15 is 0 Å². The summed E-state index contributed by atoms with van der Waals surface area (Å²) in [6.07, 6.45) is 4.56. The molecule has 3 N–H and O–H groups in total. The van der Waals surface area contributed by atoms with E-state index in [1.165, 1.54) is 12.4 Å². The van der Waals surface area contributed by atoms with Crippen molar-refractivity contribution >= 4 is 10.0 Å². The summed E-state index contributed by atoms with van der Waals surface area (Å²) >= 11 is 0. The van der Waals surface area contributed by atoms with Gasteiger partial charge in [0.25, 0.3) is 0 Å². The van der Waals surface area contributed by atoms with Crippen LogP contribution in [-0.2, 0) is 10.0 Å². The monoisotopic (exact) mass is 230 g/mol. The summed E-state index contributed by atoms with van der Waals surface area (Å²) in [5, 5.41) is 9.26. The minimum absolute atomic E-state index is 0.0151. The van der Waals surface area contributed by atoms with E-state index in [2.05, 4.69) is 20.2 Å². The van der Waals surface area contributed by atoms with Gasteiger partial charge < -0.3 is 5.32 Å². The van der Waals surface area contributed by atoms with Crippen LogP contribution in [0.15, 0.2) is 17.3 Å². The van der Waals surface area contributed by atoms with Crippen molar-refractivity contribution in [3.8, 4) is 0 Å². The molecule has 2 rings (SSSR count). The van der Waals surface area contributed by atoms with Crippen LogP contribution in [0.5, 0.6) is 0 Å². The first-order valence-corrected chi connectivity index (χ1v) is 6.38. The average molecular weight is 230 g/mol. The number of hydrogen-bond donors (Lipinski definition) is 3. The second-order valence-electron chi connectivity index (χ2n) is 3.60.